The molecule has 4 N–H and O–H groups in total. The summed E-state index contributed by atoms with van der Waals surface area (Å²) in [6.07, 6.45) is 0. The minimum atomic E-state index is -4.51. The van der Waals surface area contributed by atoms with E-state index in [1.165, 1.54) is 0 Å². The average Bonchev–Trinajstić information content (AvgIpc) is 2.45. The fraction of sp³-hybridized carbons (Fsp3) is 0. The summed E-state index contributed by atoms with van der Waals surface area (Å²) in [5.41, 5.74) is 8.77. The van der Waals surface area contributed by atoms with Crippen LogP contribution < -0.4 is 11.5 Å². The van der Waals surface area contributed by atoms with Gasteiger partial charge in [-0.05, 0) is 18.2 Å². The molecule has 0 aliphatic heterocycles. The number of nitro groups is 2. The van der Waals surface area contributed by atoms with Gasteiger partial charge in [0.05, 0.1) is 9.85 Å². The molecule has 0 spiro atoms. The SMILES string of the molecule is Nc1ccc(S(=O)(=O)c2cccc([N+](=O)[O-])c2[N+](=O)[O-])c(N)n1. The Kier molecular flexibility index (Phi) is 3.84. The largest absolute Gasteiger partial charge is 0.384 e. The first-order valence-corrected chi connectivity index (χ1v) is 7.33. The first-order valence-electron chi connectivity index (χ1n) is 5.85. The average molecular weight is 339 g/mol. The molecule has 0 amide bonds. The number of pyridine rings is 1. The van der Waals surface area contributed by atoms with Crippen molar-refractivity contribution in [1.82, 2.24) is 4.98 Å². The van der Waals surface area contributed by atoms with Crippen molar-refractivity contribution in [2.75, 3.05) is 11.5 Å². The molecule has 0 fully saturated rings. The van der Waals surface area contributed by atoms with Gasteiger partial charge >= 0.3 is 11.4 Å². The van der Waals surface area contributed by atoms with Crippen molar-refractivity contribution < 1.29 is 18.3 Å². The summed E-state index contributed by atoms with van der Waals surface area (Å²) in [7, 11) is -4.51. The molecular formula is C11H9N5O6S. The van der Waals surface area contributed by atoms with Crippen LogP contribution in [-0.4, -0.2) is 23.2 Å². The zero-order chi connectivity index (χ0) is 17.4. The predicted molar refractivity (Wildman–Crippen MR) is 78.3 cm³/mol. The Labute approximate surface area is 128 Å². The Balaban J connectivity index is 2.82. The zero-order valence-corrected chi connectivity index (χ0v) is 12.1. The first-order chi connectivity index (χ1) is 10.7. The van der Waals surface area contributed by atoms with E-state index in [1.807, 2.05) is 0 Å². The third-order valence-electron chi connectivity index (χ3n) is 2.84. The first kappa shape index (κ1) is 16.1. The molecule has 120 valence electrons. The van der Waals surface area contributed by atoms with Crippen LogP contribution in [-0.2, 0) is 9.84 Å². The molecular weight excluding hydrogens is 330 g/mol. The van der Waals surface area contributed by atoms with Gasteiger partial charge < -0.3 is 11.5 Å². The van der Waals surface area contributed by atoms with Crippen molar-refractivity contribution in [2.24, 2.45) is 0 Å². The van der Waals surface area contributed by atoms with E-state index in [0.717, 1.165) is 30.3 Å². The zero-order valence-electron chi connectivity index (χ0n) is 11.2. The normalized spacial score (nSPS) is 11.1. The Morgan fingerprint density at radius 2 is 1.61 bits per heavy atom. The fourth-order valence-electron chi connectivity index (χ4n) is 1.88. The smallest absolute Gasteiger partial charge is 0.364 e. The van der Waals surface area contributed by atoms with Crippen molar-refractivity contribution in [2.45, 2.75) is 9.79 Å². The second-order valence-electron chi connectivity index (χ2n) is 4.26. The molecule has 1 heterocycles. The lowest BCUT2D eigenvalue weighted by Crippen LogP contribution is -2.11. The van der Waals surface area contributed by atoms with E-state index in [-0.39, 0.29) is 5.82 Å². The van der Waals surface area contributed by atoms with Crippen molar-refractivity contribution in [3.8, 4) is 0 Å². The number of sulfone groups is 1. The lowest BCUT2D eigenvalue weighted by molar-refractivity contribution is -0.424. The van der Waals surface area contributed by atoms with E-state index in [4.69, 9.17) is 11.5 Å². The van der Waals surface area contributed by atoms with Crippen molar-refractivity contribution in [3.05, 3.63) is 50.6 Å². The summed E-state index contributed by atoms with van der Waals surface area (Å²) in [6.45, 7) is 0. The summed E-state index contributed by atoms with van der Waals surface area (Å²) >= 11 is 0. The minimum absolute atomic E-state index is 0.0463. The highest BCUT2D eigenvalue weighted by Gasteiger charge is 2.36. The quantitative estimate of drug-likeness (QED) is 0.602. The highest BCUT2D eigenvalue weighted by Crippen LogP contribution is 2.37. The van der Waals surface area contributed by atoms with Crippen LogP contribution in [0.5, 0.6) is 0 Å². The highest BCUT2D eigenvalue weighted by atomic mass is 32.2. The third kappa shape index (κ3) is 2.74. The van der Waals surface area contributed by atoms with Crippen LogP contribution in [0.15, 0.2) is 40.1 Å². The number of nitrogens with two attached hydrogens (primary N) is 2. The predicted octanol–water partition coefficient (Wildman–Crippen LogP) is 0.895. The van der Waals surface area contributed by atoms with E-state index >= 15 is 0 Å². The van der Waals surface area contributed by atoms with Crippen LogP contribution in [0.2, 0.25) is 0 Å². The van der Waals surface area contributed by atoms with Gasteiger partial charge in [0.25, 0.3) is 0 Å². The molecule has 11 nitrogen and oxygen atoms in total. The van der Waals surface area contributed by atoms with Gasteiger partial charge in [0.2, 0.25) is 9.84 Å². The number of hydrogen-bond acceptors (Lipinski definition) is 9. The van der Waals surface area contributed by atoms with Crippen LogP contribution in [0.25, 0.3) is 0 Å². The number of anilines is 2. The molecule has 0 aliphatic carbocycles. The maximum atomic E-state index is 12.6. The van der Waals surface area contributed by atoms with Crippen LogP contribution in [0, 0.1) is 20.2 Å². The Hall–Kier alpha value is -3.28. The van der Waals surface area contributed by atoms with E-state index in [0.29, 0.717) is 0 Å². The van der Waals surface area contributed by atoms with Crippen molar-refractivity contribution >= 4 is 32.8 Å². The van der Waals surface area contributed by atoms with Crippen molar-refractivity contribution in [1.29, 1.82) is 0 Å². The molecule has 0 saturated heterocycles. The summed E-state index contributed by atoms with van der Waals surface area (Å²) in [5.74, 6) is -0.513. The molecule has 0 atom stereocenters. The summed E-state index contributed by atoms with van der Waals surface area (Å²) < 4.78 is 25.2. The Morgan fingerprint density at radius 3 is 2.13 bits per heavy atom. The molecule has 0 bridgehead atoms. The molecule has 1 aromatic carbocycles. The van der Waals surface area contributed by atoms with Crippen LogP contribution >= 0.6 is 0 Å². The lowest BCUT2D eigenvalue weighted by atomic mass is 10.3. The number of nitro benzene ring substituents is 2. The maximum absolute atomic E-state index is 12.6. The fourth-order valence-corrected chi connectivity index (χ4v) is 3.38. The molecule has 2 aromatic rings. The summed E-state index contributed by atoms with van der Waals surface area (Å²) in [6, 6.07) is 4.92. The van der Waals surface area contributed by atoms with Gasteiger partial charge in [-0.2, -0.15) is 0 Å². The van der Waals surface area contributed by atoms with Crippen LogP contribution in [0.1, 0.15) is 0 Å². The topological polar surface area (TPSA) is 185 Å². The van der Waals surface area contributed by atoms with Gasteiger partial charge in [-0.1, -0.05) is 6.07 Å². The highest BCUT2D eigenvalue weighted by molar-refractivity contribution is 7.91. The van der Waals surface area contributed by atoms with Gasteiger partial charge in [-0.25, -0.2) is 13.4 Å². The molecule has 0 saturated carbocycles. The number of para-hydroxylation sites is 1. The molecule has 12 heteroatoms. The van der Waals surface area contributed by atoms with Gasteiger partial charge in [-0.15, -0.1) is 0 Å². The number of hydrogen-bond donors (Lipinski definition) is 2. The number of rotatable bonds is 4. The Morgan fingerprint density at radius 1 is 0.957 bits per heavy atom. The minimum Gasteiger partial charge on any atom is -0.384 e. The van der Waals surface area contributed by atoms with E-state index in [2.05, 4.69) is 4.98 Å². The van der Waals surface area contributed by atoms with Gasteiger partial charge in [0, 0.05) is 6.07 Å². The second-order valence-corrected chi connectivity index (χ2v) is 6.15. The standard InChI is InChI=1S/C11H9N5O6S/c12-9-5-4-8(11(13)14-9)23(21,22)7-3-1-2-6(15(17)18)10(7)16(19)20/h1-5H,(H4,12,13,14). The van der Waals surface area contributed by atoms with Crippen molar-refractivity contribution in [3.63, 3.8) is 0 Å². The summed E-state index contributed by atoms with van der Waals surface area (Å²) in [4.78, 5) is 22.1. The third-order valence-corrected chi connectivity index (χ3v) is 4.68. The molecule has 0 aliphatic rings. The second kappa shape index (κ2) is 5.49. The maximum Gasteiger partial charge on any atom is 0.364 e. The molecule has 0 unspecified atom stereocenters. The molecule has 2 rings (SSSR count). The van der Waals surface area contributed by atoms with Crippen LogP contribution in [0.3, 0.4) is 0 Å². The monoisotopic (exact) mass is 339 g/mol. The van der Waals surface area contributed by atoms with Crippen LogP contribution in [0.4, 0.5) is 23.0 Å². The lowest BCUT2D eigenvalue weighted by Gasteiger charge is -2.08. The van der Waals surface area contributed by atoms with E-state index in [1.54, 1.807) is 0 Å². The number of benzene rings is 1. The number of nitrogens with zero attached hydrogens (tertiary/aromatic N) is 3. The number of nitrogen functional groups attached to an aromatic ring is 2. The van der Waals surface area contributed by atoms with Gasteiger partial charge in [0.1, 0.15) is 16.5 Å². The van der Waals surface area contributed by atoms with E-state index < -0.39 is 46.7 Å². The van der Waals surface area contributed by atoms with E-state index in [9.17, 15) is 28.6 Å². The van der Waals surface area contributed by atoms with Gasteiger partial charge in [0.15, 0.2) is 4.90 Å². The number of aromatic nitrogens is 1. The molecule has 0 radical (unpaired) electrons. The molecule has 23 heavy (non-hydrogen) atoms. The van der Waals surface area contributed by atoms with Gasteiger partial charge in [-0.3, -0.25) is 20.2 Å². The Bertz CT molecular complexity index is 926. The molecule has 1 aromatic heterocycles. The summed E-state index contributed by atoms with van der Waals surface area (Å²) in [5, 5.41) is 22.0.